The first-order valence-electron chi connectivity index (χ1n) is 10.0. The van der Waals surface area contributed by atoms with Crippen LogP contribution in [-0.4, -0.2) is 45.0 Å². The summed E-state index contributed by atoms with van der Waals surface area (Å²) in [5.74, 6) is -1.88. The van der Waals surface area contributed by atoms with Gasteiger partial charge >= 0.3 is 5.69 Å². The van der Waals surface area contributed by atoms with E-state index in [1.54, 1.807) is 6.07 Å². The van der Waals surface area contributed by atoms with Gasteiger partial charge in [0.05, 0.1) is 23.3 Å². The van der Waals surface area contributed by atoms with Crippen LogP contribution in [0.1, 0.15) is 28.4 Å². The second kappa shape index (κ2) is 9.35. The minimum absolute atomic E-state index is 0.0248. The number of aliphatic imine (C=N–C) groups is 1. The second-order valence-electron chi connectivity index (χ2n) is 7.30. The van der Waals surface area contributed by atoms with Gasteiger partial charge in [-0.15, -0.1) is 0 Å². The molecule has 0 saturated carbocycles. The molecular formula is C23H17ClFN5O4. The molecule has 0 fully saturated rings. The molecule has 1 atom stereocenters. The van der Waals surface area contributed by atoms with Crippen molar-refractivity contribution in [3.05, 3.63) is 80.1 Å². The lowest BCUT2D eigenvalue weighted by Crippen LogP contribution is -2.38. The predicted octanol–water partition coefficient (Wildman–Crippen LogP) is 2.50. The molecule has 0 saturated heterocycles. The summed E-state index contributed by atoms with van der Waals surface area (Å²) in [6.45, 7) is -0.389. The third kappa shape index (κ3) is 4.10. The molecule has 1 aliphatic rings. The molecule has 0 bridgehead atoms. The van der Waals surface area contributed by atoms with Crippen molar-refractivity contribution >= 4 is 41.1 Å². The number of carbonyl (C=O) groups is 1. The zero-order chi connectivity index (χ0) is 24.4. The highest BCUT2D eigenvalue weighted by molar-refractivity contribution is 6.31. The summed E-state index contributed by atoms with van der Waals surface area (Å²) in [5, 5.41) is 31.4. The topological polar surface area (TPSA) is 144 Å². The highest BCUT2D eigenvalue weighted by atomic mass is 35.5. The van der Waals surface area contributed by atoms with Crippen LogP contribution in [0.4, 0.5) is 10.1 Å². The lowest BCUT2D eigenvalue weighted by Gasteiger charge is -2.18. The zero-order valence-corrected chi connectivity index (χ0v) is 18.2. The number of nitriles is 1. The number of hydrogen-bond acceptors (Lipinski definition) is 6. The standard InChI is InChI=1S/C23H17ClFN5O4/c24-16-6-5-15-14(11-28-19(15)18(16)25)9-17-22(33)30(23(34)29-17)20(21(32)27-7-8-31)13-3-1-12(10-26)2-4-13/h1-6,9,11,20,31,33H,7-8H2,(H,27,32)(H,29,34)/b14-9+. The molecule has 1 unspecified atom stereocenters. The minimum atomic E-state index is -1.30. The monoisotopic (exact) mass is 481 g/mol. The van der Waals surface area contributed by atoms with Crippen molar-refractivity contribution in [1.82, 2.24) is 14.9 Å². The van der Waals surface area contributed by atoms with E-state index in [0.29, 0.717) is 22.3 Å². The molecule has 9 nitrogen and oxygen atoms in total. The molecule has 4 rings (SSSR count). The number of aliphatic hydroxyl groups excluding tert-OH is 1. The van der Waals surface area contributed by atoms with E-state index in [4.69, 9.17) is 22.0 Å². The number of hydrogen-bond donors (Lipinski definition) is 4. The fraction of sp³-hybridized carbons (Fsp3) is 0.130. The largest absolute Gasteiger partial charge is 0.493 e. The van der Waals surface area contributed by atoms with Crippen LogP contribution in [0.3, 0.4) is 0 Å². The quantitative estimate of drug-likeness (QED) is 0.427. The van der Waals surface area contributed by atoms with Gasteiger partial charge in [-0.2, -0.15) is 5.26 Å². The fourth-order valence-corrected chi connectivity index (χ4v) is 3.76. The number of benzene rings is 2. The highest BCUT2D eigenvalue weighted by Crippen LogP contribution is 2.38. The van der Waals surface area contributed by atoms with Gasteiger partial charge in [-0.25, -0.2) is 13.8 Å². The maximum atomic E-state index is 14.2. The maximum Gasteiger partial charge on any atom is 0.329 e. The van der Waals surface area contributed by atoms with E-state index < -0.39 is 29.3 Å². The molecular weight excluding hydrogens is 465 g/mol. The fourth-order valence-electron chi connectivity index (χ4n) is 3.60. The molecule has 2 heterocycles. The van der Waals surface area contributed by atoms with Crippen LogP contribution >= 0.6 is 11.6 Å². The zero-order valence-electron chi connectivity index (χ0n) is 17.4. The first-order chi connectivity index (χ1) is 16.3. The van der Waals surface area contributed by atoms with Gasteiger partial charge in [0.25, 0.3) is 0 Å². The number of carbonyl (C=O) groups excluding carboxylic acids is 1. The number of amides is 1. The van der Waals surface area contributed by atoms with Gasteiger partial charge in [-0.05, 0) is 29.8 Å². The summed E-state index contributed by atoms with van der Waals surface area (Å²) >= 11 is 5.80. The number of halogens is 2. The van der Waals surface area contributed by atoms with Crippen LogP contribution < -0.4 is 11.0 Å². The average molecular weight is 482 g/mol. The molecule has 3 aromatic rings. The van der Waals surface area contributed by atoms with Gasteiger partial charge in [0.1, 0.15) is 17.4 Å². The molecule has 2 aromatic carbocycles. The Balaban J connectivity index is 1.79. The molecule has 1 amide bonds. The van der Waals surface area contributed by atoms with E-state index in [1.165, 1.54) is 42.6 Å². The van der Waals surface area contributed by atoms with Gasteiger partial charge in [-0.1, -0.05) is 29.8 Å². The van der Waals surface area contributed by atoms with Crippen LogP contribution in [0.25, 0.3) is 11.6 Å². The molecule has 1 aliphatic heterocycles. The van der Waals surface area contributed by atoms with Crippen molar-refractivity contribution in [3.8, 4) is 11.9 Å². The van der Waals surface area contributed by atoms with Gasteiger partial charge in [0.15, 0.2) is 5.82 Å². The van der Waals surface area contributed by atoms with Crippen LogP contribution in [-0.2, 0) is 4.79 Å². The predicted molar refractivity (Wildman–Crippen MR) is 124 cm³/mol. The Morgan fingerprint density at radius 2 is 2.06 bits per heavy atom. The number of H-pyrrole nitrogens is 1. The molecule has 0 spiro atoms. The number of aliphatic hydroxyl groups is 1. The van der Waals surface area contributed by atoms with E-state index in [9.17, 15) is 19.1 Å². The van der Waals surface area contributed by atoms with Crippen molar-refractivity contribution in [2.45, 2.75) is 6.04 Å². The van der Waals surface area contributed by atoms with E-state index >= 15 is 0 Å². The summed E-state index contributed by atoms with van der Waals surface area (Å²) in [7, 11) is 0. The number of imidazole rings is 1. The summed E-state index contributed by atoms with van der Waals surface area (Å²) in [5.41, 5.74) is 0.737. The third-order valence-electron chi connectivity index (χ3n) is 5.22. The maximum absolute atomic E-state index is 14.2. The number of aromatic amines is 1. The Bertz CT molecular complexity index is 1430. The number of allylic oxidation sites excluding steroid dienone is 1. The molecule has 172 valence electrons. The number of aromatic hydroxyl groups is 1. The first-order valence-corrected chi connectivity index (χ1v) is 10.4. The molecule has 1 aromatic heterocycles. The van der Waals surface area contributed by atoms with Crippen molar-refractivity contribution in [1.29, 1.82) is 5.26 Å². The number of nitrogens with one attached hydrogen (secondary N) is 2. The van der Waals surface area contributed by atoms with Gasteiger partial charge in [-0.3, -0.25) is 9.79 Å². The van der Waals surface area contributed by atoms with Crippen molar-refractivity contribution in [2.24, 2.45) is 4.99 Å². The Labute approximate surface area is 197 Å². The van der Waals surface area contributed by atoms with Crippen molar-refractivity contribution < 1.29 is 19.4 Å². The Morgan fingerprint density at radius 3 is 2.74 bits per heavy atom. The minimum Gasteiger partial charge on any atom is -0.493 e. The van der Waals surface area contributed by atoms with Crippen LogP contribution in [0.2, 0.25) is 5.02 Å². The van der Waals surface area contributed by atoms with Gasteiger partial charge in [0.2, 0.25) is 11.8 Å². The van der Waals surface area contributed by atoms with E-state index in [-0.39, 0.29) is 29.6 Å². The Hall–Kier alpha value is -4.20. The van der Waals surface area contributed by atoms with Gasteiger partial charge in [0, 0.05) is 23.9 Å². The van der Waals surface area contributed by atoms with Crippen LogP contribution in [0.5, 0.6) is 5.88 Å². The molecule has 34 heavy (non-hydrogen) atoms. The average Bonchev–Trinajstić information content (AvgIpc) is 3.37. The molecule has 11 heteroatoms. The van der Waals surface area contributed by atoms with E-state index in [0.717, 1.165) is 4.57 Å². The number of rotatable bonds is 6. The summed E-state index contributed by atoms with van der Waals surface area (Å²) in [6, 6.07) is 9.54. The lowest BCUT2D eigenvalue weighted by molar-refractivity contribution is -0.123. The third-order valence-corrected chi connectivity index (χ3v) is 5.51. The summed E-state index contributed by atoms with van der Waals surface area (Å²) in [6.07, 6.45) is 2.77. The number of aromatic nitrogens is 2. The summed E-state index contributed by atoms with van der Waals surface area (Å²) in [4.78, 5) is 32.2. The van der Waals surface area contributed by atoms with Crippen LogP contribution in [0, 0.1) is 17.1 Å². The van der Waals surface area contributed by atoms with E-state index in [1.807, 2.05) is 6.07 Å². The summed E-state index contributed by atoms with van der Waals surface area (Å²) < 4.78 is 15.1. The lowest BCUT2D eigenvalue weighted by atomic mass is 10.0. The van der Waals surface area contributed by atoms with Gasteiger partial charge < -0.3 is 20.5 Å². The first kappa shape index (κ1) is 23.0. The number of fused-ring (bicyclic) bond motifs is 1. The SMILES string of the molecule is N#Cc1ccc(C(C(=O)NCCO)n2c(O)c(/C=C3\C=Nc4c3ccc(Cl)c4F)[nH]c2=O)cc1. The molecule has 0 radical (unpaired) electrons. The smallest absolute Gasteiger partial charge is 0.329 e. The van der Waals surface area contributed by atoms with E-state index in [2.05, 4.69) is 15.3 Å². The second-order valence-corrected chi connectivity index (χ2v) is 7.71. The van der Waals surface area contributed by atoms with Crippen LogP contribution in [0.15, 0.2) is 46.2 Å². The number of nitrogens with zero attached hydrogens (tertiary/aromatic N) is 3. The van der Waals surface area contributed by atoms with Crippen molar-refractivity contribution in [3.63, 3.8) is 0 Å². The molecule has 4 N–H and O–H groups in total. The molecule has 0 aliphatic carbocycles. The van der Waals surface area contributed by atoms with Crippen molar-refractivity contribution in [2.75, 3.05) is 13.2 Å². The Morgan fingerprint density at radius 1 is 1.32 bits per heavy atom. The Kier molecular flexibility index (Phi) is 6.32. The normalized spacial score (nSPS) is 14.1. The highest BCUT2D eigenvalue weighted by Gasteiger charge is 2.29.